The number of primary amides is 1. The molecular formula is C12H23N3O2. The zero-order valence-corrected chi connectivity index (χ0v) is 10.7. The lowest BCUT2D eigenvalue weighted by atomic mass is 9.90. The topological polar surface area (TPSA) is 84.2 Å². The Bertz CT molecular complexity index is 281. The maximum atomic E-state index is 11.9. The highest BCUT2D eigenvalue weighted by atomic mass is 16.2. The number of rotatable bonds is 5. The minimum atomic E-state index is -0.388. The molecule has 17 heavy (non-hydrogen) atoms. The van der Waals surface area contributed by atoms with Gasteiger partial charge in [-0.3, -0.25) is 9.59 Å². The van der Waals surface area contributed by atoms with Crippen molar-refractivity contribution in [2.45, 2.75) is 51.6 Å². The molecular weight excluding hydrogens is 218 g/mol. The third-order valence-corrected chi connectivity index (χ3v) is 3.30. The molecule has 0 aliphatic carbocycles. The standard InChI is InChI=1S/C12H23N3O2/c1-3-9-4-5-14-10(7-9)12(17)15-8(2)6-11(13)16/h8-10,14H,3-7H2,1-2H3,(H2,13,16)(H,15,17). The van der Waals surface area contributed by atoms with Gasteiger partial charge in [0, 0.05) is 12.5 Å². The van der Waals surface area contributed by atoms with Gasteiger partial charge in [-0.25, -0.2) is 0 Å². The van der Waals surface area contributed by atoms with Crippen LogP contribution in [0.3, 0.4) is 0 Å². The summed E-state index contributed by atoms with van der Waals surface area (Å²) in [6, 6.07) is -0.312. The second-order valence-corrected chi connectivity index (χ2v) is 4.89. The van der Waals surface area contributed by atoms with Crippen molar-refractivity contribution in [1.29, 1.82) is 0 Å². The lowest BCUT2D eigenvalue weighted by Gasteiger charge is -2.29. The fourth-order valence-electron chi connectivity index (χ4n) is 2.26. The van der Waals surface area contributed by atoms with Gasteiger partial charge in [0.15, 0.2) is 0 Å². The lowest BCUT2D eigenvalue weighted by Crippen LogP contribution is -2.51. The first kappa shape index (κ1) is 14.0. The molecule has 5 heteroatoms. The van der Waals surface area contributed by atoms with E-state index in [9.17, 15) is 9.59 Å². The smallest absolute Gasteiger partial charge is 0.237 e. The number of hydrogen-bond donors (Lipinski definition) is 3. The highest BCUT2D eigenvalue weighted by molar-refractivity contribution is 5.83. The minimum absolute atomic E-state index is 0.0168. The van der Waals surface area contributed by atoms with E-state index in [0.717, 1.165) is 25.8 Å². The lowest BCUT2D eigenvalue weighted by molar-refractivity contribution is -0.125. The fraction of sp³-hybridized carbons (Fsp3) is 0.833. The van der Waals surface area contributed by atoms with Crippen LogP contribution in [0.15, 0.2) is 0 Å². The van der Waals surface area contributed by atoms with E-state index in [4.69, 9.17) is 5.73 Å². The van der Waals surface area contributed by atoms with Crippen molar-refractivity contribution in [2.24, 2.45) is 11.7 Å². The summed E-state index contributed by atoms with van der Waals surface area (Å²) in [5.41, 5.74) is 5.09. The molecule has 3 atom stereocenters. The third-order valence-electron chi connectivity index (χ3n) is 3.30. The van der Waals surface area contributed by atoms with Crippen LogP contribution in [-0.2, 0) is 9.59 Å². The van der Waals surface area contributed by atoms with E-state index in [1.165, 1.54) is 0 Å². The van der Waals surface area contributed by atoms with Crippen LogP contribution < -0.4 is 16.4 Å². The van der Waals surface area contributed by atoms with Crippen LogP contribution in [0.5, 0.6) is 0 Å². The average Bonchev–Trinajstić information content (AvgIpc) is 2.27. The number of nitrogens with one attached hydrogen (secondary N) is 2. The van der Waals surface area contributed by atoms with Crippen LogP contribution >= 0.6 is 0 Å². The van der Waals surface area contributed by atoms with Crippen molar-refractivity contribution in [3.05, 3.63) is 0 Å². The molecule has 1 fully saturated rings. The number of hydrogen-bond acceptors (Lipinski definition) is 3. The first-order valence-electron chi connectivity index (χ1n) is 6.35. The van der Waals surface area contributed by atoms with E-state index in [0.29, 0.717) is 5.92 Å². The molecule has 0 radical (unpaired) electrons. The molecule has 4 N–H and O–H groups in total. The predicted molar refractivity (Wildman–Crippen MR) is 66.2 cm³/mol. The molecule has 0 bridgehead atoms. The molecule has 2 amide bonds. The van der Waals surface area contributed by atoms with Crippen molar-refractivity contribution in [3.8, 4) is 0 Å². The Morgan fingerprint density at radius 3 is 2.82 bits per heavy atom. The SMILES string of the molecule is CCC1CCNC(C(=O)NC(C)CC(N)=O)C1. The molecule has 0 spiro atoms. The molecule has 98 valence electrons. The zero-order valence-electron chi connectivity index (χ0n) is 10.7. The summed E-state index contributed by atoms with van der Waals surface area (Å²) in [5.74, 6) is 0.219. The number of carbonyl (C=O) groups excluding carboxylic acids is 2. The van der Waals surface area contributed by atoms with Gasteiger partial charge < -0.3 is 16.4 Å². The van der Waals surface area contributed by atoms with Gasteiger partial charge in [0.25, 0.3) is 0 Å². The van der Waals surface area contributed by atoms with Gasteiger partial charge in [-0.1, -0.05) is 13.3 Å². The summed E-state index contributed by atoms with van der Waals surface area (Å²) in [5, 5.41) is 6.04. The van der Waals surface area contributed by atoms with Gasteiger partial charge >= 0.3 is 0 Å². The summed E-state index contributed by atoms with van der Waals surface area (Å²) in [7, 11) is 0. The van der Waals surface area contributed by atoms with Crippen LogP contribution in [-0.4, -0.2) is 30.4 Å². The van der Waals surface area contributed by atoms with Crippen molar-refractivity contribution < 1.29 is 9.59 Å². The highest BCUT2D eigenvalue weighted by Gasteiger charge is 2.26. The molecule has 0 aromatic rings. The van der Waals surface area contributed by atoms with Crippen molar-refractivity contribution in [2.75, 3.05) is 6.54 Å². The predicted octanol–water partition coefficient (Wildman–Crippen LogP) is 0.145. The Labute approximate surface area is 103 Å². The first-order valence-corrected chi connectivity index (χ1v) is 6.35. The summed E-state index contributed by atoms with van der Waals surface area (Å²) < 4.78 is 0. The minimum Gasteiger partial charge on any atom is -0.370 e. The molecule has 0 aromatic heterocycles. The van der Waals surface area contributed by atoms with E-state index in [1.807, 2.05) is 0 Å². The number of nitrogens with two attached hydrogens (primary N) is 1. The largest absolute Gasteiger partial charge is 0.370 e. The molecule has 1 heterocycles. The van der Waals surface area contributed by atoms with Gasteiger partial charge in [0.2, 0.25) is 11.8 Å². The van der Waals surface area contributed by atoms with E-state index in [-0.39, 0.29) is 30.3 Å². The Morgan fingerprint density at radius 1 is 1.53 bits per heavy atom. The maximum absolute atomic E-state index is 11.9. The number of carbonyl (C=O) groups is 2. The quantitative estimate of drug-likeness (QED) is 0.640. The monoisotopic (exact) mass is 241 g/mol. The van der Waals surface area contributed by atoms with Crippen molar-refractivity contribution >= 4 is 11.8 Å². The van der Waals surface area contributed by atoms with Gasteiger partial charge in [-0.2, -0.15) is 0 Å². The van der Waals surface area contributed by atoms with Crippen LogP contribution in [0.2, 0.25) is 0 Å². The van der Waals surface area contributed by atoms with E-state index < -0.39 is 0 Å². The fourth-order valence-corrected chi connectivity index (χ4v) is 2.26. The molecule has 1 aliphatic rings. The van der Waals surface area contributed by atoms with Gasteiger partial charge in [0.05, 0.1) is 6.04 Å². The molecule has 1 rings (SSSR count). The van der Waals surface area contributed by atoms with Gasteiger partial charge in [-0.05, 0) is 32.2 Å². The zero-order chi connectivity index (χ0) is 12.8. The summed E-state index contributed by atoms with van der Waals surface area (Å²) in [6.45, 7) is 4.84. The highest BCUT2D eigenvalue weighted by Crippen LogP contribution is 2.19. The van der Waals surface area contributed by atoms with Gasteiger partial charge in [0.1, 0.15) is 0 Å². The van der Waals surface area contributed by atoms with E-state index in [2.05, 4.69) is 17.6 Å². The maximum Gasteiger partial charge on any atom is 0.237 e. The van der Waals surface area contributed by atoms with E-state index >= 15 is 0 Å². The number of piperidine rings is 1. The van der Waals surface area contributed by atoms with Crippen LogP contribution in [0.1, 0.15) is 39.5 Å². The van der Waals surface area contributed by atoms with Crippen molar-refractivity contribution in [1.82, 2.24) is 10.6 Å². The molecule has 1 saturated heterocycles. The van der Waals surface area contributed by atoms with Crippen LogP contribution in [0.25, 0.3) is 0 Å². The van der Waals surface area contributed by atoms with Crippen LogP contribution in [0, 0.1) is 5.92 Å². The molecule has 3 unspecified atom stereocenters. The Balaban J connectivity index is 2.38. The Morgan fingerprint density at radius 2 is 2.24 bits per heavy atom. The van der Waals surface area contributed by atoms with Crippen molar-refractivity contribution in [3.63, 3.8) is 0 Å². The summed E-state index contributed by atoms with van der Waals surface area (Å²) in [4.78, 5) is 22.6. The van der Waals surface area contributed by atoms with Crippen LogP contribution in [0.4, 0.5) is 0 Å². The normalized spacial score (nSPS) is 26.2. The third kappa shape index (κ3) is 4.73. The molecule has 0 aromatic carbocycles. The molecule has 0 saturated carbocycles. The van der Waals surface area contributed by atoms with Gasteiger partial charge in [-0.15, -0.1) is 0 Å². The second-order valence-electron chi connectivity index (χ2n) is 4.89. The Hall–Kier alpha value is -1.10. The average molecular weight is 241 g/mol. The Kier molecular flexibility index (Phi) is 5.41. The second kappa shape index (κ2) is 6.59. The first-order chi connectivity index (χ1) is 8.02. The summed E-state index contributed by atoms with van der Waals surface area (Å²) in [6.07, 6.45) is 3.32. The summed E-state index contributed by atoms with van der Waals surface area (Å²) >= 11 is 0. The van der Waals surface area contributed by atoms with E-state index in [1.54, 1.807) is 6.92 Å². The molecule has 1 aliphatic heterocycles. The molecule has 5 nitrogen and oxygen atoms in total. The number of amides is 2.